The summed E-state index contributed by atoms with van der Waals surface area (Å²) < 4.78 is 11.2. The molecular weight excluding hydrogens is 428 g/mol. The van der Waals surface area contributed by atoms with Crippen molar-refractivity contribution in [3.05, 3.63) is 101 Å². The van der Waals surface area contributed by atoms with Gasteiger partial charge in [0.05, 0.1) is 19.8 Å². The van der Waals surface area contributed by atoms with Gasteiger partial charge in [-0.05, 0) is 60.0 Å². The van der Waals surface area contributed by atoms with Crippen LogP contribution >= 0.6 is 11.8 Å². The second kappa shape index (κ2) is 9.51. The highest BCUT2D eigenvalue weighted by molar-refractivity contribution is 8.03. The predicted molar refractivity (Wildman–Crippen MR) is 140 cm³/mol. The third-order valence-corrected chi connectivity index (χ3v) is 6.77. The maximum Gasteiger partial charge on any atom is 0.130 e. The van der Waals surface area contributed by atoms with Gasteiger partial charge in [-0.15, -0.1) is 0 Å². The van der Waals surface area contributed by atoms with E-state index in [1.807, 2.05) is 48.4 Å². The summed E-state index contributed by atoms with van der Waals surface area (Å²) in [6.07, 6.45) is 4.09. The highest BCUT2D eigenvalue weighted by atomic mass is 32.2. The molecule has 3 aromatic rings. The summed E-state index contributed by atoms with van der Waals surface area (Å²) in [6.45, 7) is 6.43. The first-order valence-electron chi connectivity index (χ1n) is 10.6. The summed E-state index contributed by atoms with van der Waals surface area (Å²) in [4.78, 5) is 4.05. The Labute approximate surface area is 200 Å². The number of anilines is 1. The number of ether oxygens (including phenoxy) is 2. The van der Waals surface area contributed by atoms with Gasteiger partial charge in [-0.3, -0.25) is 0 Å². The van der Waals surface area contributed by atoms with E-state index < -0.39 is 0 Å². The molecule has 168 valence electrons. The molecule has 4 rings (SSSR count). The van der Waals surface area contributed by atoms with Gasteiger partial charge in [-0.1, -0.05) is 54.7 Å². The van der Waals surface area contributed by atoms with Crippen molar-refractivity contribution in [2.45, 2.75) is 11.8 Å². The lowest BCUT2D eigenvalue weighted by Gasteiger charge is -2.27. The number of nitrogens with zero attached hydrogens (tertiary/aromatic N) is 1. The molecule has 0 fully saturated rings. The Morgan fingerprint density at radius 3 is 2.39 bits per heavy atom. The molecule has 0 saturated heterocycles. The molecule has 0 bridgehead atoms. The van der Waals surface area contributed by atoms with Crippen molar-refractivity contribution in [1.82, 2.24) is 0 Å². The lowest BCUT2D eigenvalue weighted by atomic mass is 9.99. The van der Waals surface area contributed by atoms with Gasteiger partial charge in [0, 0.05) is 28.1 Å². The minimum Gasteiger partial charge on any atom is -0.496 e. The van der Waals surface area contributed by atoms with Gasteiger partial charge in [0.25, 0.3) is 0 Å². The molecule has 0 spiro atoms. The quantitative estimate of drug-likeness (QED) is 0.423. The van der Waals surface area contributed by atoms with Gasteiger partial charge < -0.3 is 20.1 Å². The lowest BCUT2D eigenvalue weighted by molar-refractivity contribution is 0.397. The van der Waals surface area contributed by atoms with Gasteiger partial charge in [0.1, 0.15) is 17.3 Å². The van der Waals surface area contributed by atoms with Crippen LogP contribution in [0.3, 0.4) is 0 Å². The average Bonchev–Trinajstić information content (AvgIpc) is 2.83. The fourth-order valence-electron chi connectivity index (χ4n) is 3.95. The fraction of sp³-hybridized carbons (Fsp3) is 0.143. The van der Waals surface area contributed by atoms with E-state index in [0.717, 1.165) is 49.3 Å². The number of thioether (sulfide) groups is 1. The Hall–Kier alpha value is -3.57. The van der Waals surface area contributed by atoms with E-state index in [-0.39, 0.29) is 0 Å². The molecule has 0 radical (unpaired) electrons. The van der Waals surface area contributed by atoms with Crippen molar-refractivity contribution in [3.63, 3.8) is 0 Å². The Morgan fingerprint density at radius 2 is 1.70 bits per heavy atom. The number of fused-ring (bicyclic) bond motifs is 1. The van der Waals surface area contributed by atoms with Crippen molar-refractivity contribution in [2.75, 3.05) is 26.2 Å². The topological polar surface area (TPSA) is 47.7 Å². The predicted octanol–water partition coefficient (Wildman–Crippen LogP) is 6.62. The molecule has 1 aliphatic heterocycles. The molecule has 5 heteroatoms. The molecule has 3 aromatic carbocycles. The molecule has 4 nitrogen and oxygen atoms in total. The zero-order valence-electron chi connectivity index (χ0n) is 19.4. The monoisotopic (exact) mass is 456 g/mol. The van der Waals surface area contributed by atoms with E-state index in [1.54, 1.807) is 26.0 Å². The van der Waals surface area contributed by atoms with E-state index in [4.69, 9.17) is 15.2 Å². The van der Waals surface area contributed by atoms with E-state index in [2.05, 4.69) is 49.9 Å². The number of aryl methyl sites for hydroxylation is 1. The minimum atomic E-state index is 0.708. The number of nitrogens with two attached hydrogens (primary N) is 1. The molecule has 1 heterocycles. The third kappa shape index (κ3) is 4.50. The molecule has 33 heavy (non-hydrogen) atoms. The van der Waals surface area contributed by atoms with Crippen LogP contribution in [0.15, 0.2) is 95.0 Å². The largest absolute Gasteiger partial charge is 0.496 e. The number of hydrogen-bond acceptors (Lipinski definition) is 5. The van der Waals surface area contributed by atoms with Crippen LogP contribution in [0.25, 0.3) is 16.7 Å². The van der Waals surface area contributed by atoms with E-state index in [0.29, 0.717) is 5.82 Å². The molecule has 0 aromatic heterocycles. The van der Waals surface area contributed by atoms with E-state index >= 15 is 0 Å². The van der Waals surface area contributed by atoms with Crippen LogP contribution in [-0.4, -0.2) is 21.3 Å². The maximum absolute atomic E-state index is 6.26. The summed E-state index contributed by atoms with van der Waals surface area (Å²) >= 11 is 1.64. The third-order valence-electron chi connectivity index (χ3n) is 5.73. The van der Waals surface area contributed by atoms with Crippen LogP contribution < -0.4 is 20.1 Å². The average molecular weight is 457 g/mol. The molecule has 2 N–H and O–H groups in total. The van der Waals surface area contributed by atoms with Gasteiger partial charge in [0.2, 0.25) is 0 Å². The molecular formula is C28H28N2O2S. The van der Waals surface area contributed by atoms with Crippen molar-refractivity contribution >= 4 is 23.0 Å². The van der Waals surface area contributed by atoms with Crippen LogP contribution in [-0.2, 0) is 0 Å². The first kappa shape index (κ1) is 22.6. The number of hydrogen-bond donors (Lipinski definition) is 1. The van der Waals surface area contributed by atoms with Crippen molar-refractivity contribution in [3.8, 4) is 22.6 Å². The minimum absolute atomic E-state index is 0.708. The van der Waals surface area contributed by atoms with Crippen LogP contribution in [0, 0.1) is 6.92 Å². The second-order valence-electron chi connectivity index (χ2n) is 7.83. The second-order valence-corrected chi connectivity index (χ2v) is 9.00. The zero-order chi connectivity index (χ0) is 23.5. The summed E-state index contributed by atoms with van der Waals surface area (Å²) in [5.74, 6) is 2.26. The normalized spacial score (nSPS) is 14.0. The van der Waals surface area contributed by atoms with Crippen molar-refractivity contribution < 1.29 is 9.47 Å². The number of benzene rings is 3. The van der Waals surface area contributed by atoms with E-state index in [9.17, 15) is 0 Å². The van der Waals surface area contributed by atoms with Crippen molar-refractivity contribution in [1.29, 1.82) is 0 Å². The summed E-state index contributed by atoms with van der Waals surface area (Å²) in [5.41, 5.74) is 12.7. The Kier molecular flexibility index (Phi) is 6.52. The first-order chi connectivity index (χ1) is 15.9. The molecule has 0 aliphatic carbocycles. The lowest BCUT2D eigenvalue weighted by Crippen LogP contribution is -2.26. The van der Waals surface area contributed by atoms with Gasteiger partial charge in [-0.2, -0.15) is 0 Å². The molecule has 1 aliphatic rings. The van der Waals surface area contributed by atoms with Crippen LogP contribution in [0.1, 0.15) is 11.1 Å². The maximum atomic E-state index is 6.26. The molecule has 0 saturated carbocycles. The molecule has 0 atom stereocenters. The van der Waals surface area contributed by atoms with Crippen molar-refractivity contribution in [2.24, 2.45) is 5.73 Å². The summed E-state index contributed by atoms with van der Waals surface area (Å²) in [6, 6.07) is 20.4. The zero-order valence-corrected chi connectivity index (χ0v) is 20.2. The standard InChI is InChI=1S/C28H28N2O2S/c1-18-13-14-20(28-24(31-4)11-8-12-25(28)32-5)16-26(18)33-19(2)15-21-17-27(29)30(3)23-10-7-6-9-22(21)23/h6-17H,2,29H2,1,3-5H3. The Morgan fingerprint density at radius 1 is 1.00 bits per heavy atom. The van der Waals surface area contributed by atoms with Gasteiger partial charge in [-0.25, -0.2) is 0 Å². The van der Waals surface area contributed by atoms with Gasteiger partial charge in [0.15, 0.2) is 0 Å². The van der Waals surface area contributed by atoms with Crippen LogP contribution in [0.5, 0.6) is 11.5 Å². The first-order valence-corrected chi connectivity index (χ1v) is 11.5. The van der Waals surface area contributed by atoms with E-state index in [1.165, 1.54) is 5.56 Å². The Balaban J connectivity index is 1.68. The number of methoxy groups -OCH3 is 2. The summed E-state index contributed by atoms with van der Waals surface area (Å²) in [7, 11) is 5.33. The Bertz CT molecular complexity index is 1250. The SMILES string of the molecule is C=C(C=C1C=C(N)N(C)c2ccccc21)Sc1cc(-c2c(OC)cccc2OC)ccc1C. The molecule has 0 amide bonds. The van der Waals surface area contributed by atoms with Crippen LogP contribution in [0.4, 0.5) is 5.69 Å². The highest BCUT2D eigenvalue weighted by Crippen LogP contribution is 2.42. The number of rotatable bonds is 6. The number of allylic oxidation sites excluding steroid dienone is 3. The number of para-hydroxylation sites is 1. The highest BCUT2D eigenvalue weighted by Gasteiger charge is 2.18. The fourth-order valence-corrected chi connectivity index (χ4v) is 4.83. The van der Waals surface area contributed by atoms with Gasteiger partial charge >= 0.3 is 0 Å². The smallest absolute Gasteiger partial charge is 0.130 e. The molecule has 0 unspecified atom stereocenters. The summed E-state index contributed by atoms with van der Waals surface area (Å²) in [5, 5.41) is 0. The van der Waals surface area contributed by atoms with Crippen LogP contribution in [0.2, 0.25) is 0 Å².